The zero-order valence-electron chi connectivity index (χ0n) is 16.8. The molecule has 0 saturated carbocycles. The van der Waals surface area contributed by atoms with Crippen molar-refractivity contribution in [3.8, 4) is 0 Å². The fraction of sp³-hybridized carbons (Fsp3) is 0.136. The van der Waals surface area contributed by atoms with Crippen LogP contribution < -0.4 is 4.72 Å². The maximum atomic E-state index is 13.1. The second-order valence-corrected chi connectivity index (χ2v) is 9.86. The van der Waals surface area contributed by atoms with E-state index >= 15 is 0 Å². The van der Waals surface area contributed by atoms with Crippen molar-refractivity contribution in [2.45, 2.75) is 23.5 Å². The van der Waals surface area contributed by atoms with E-state index in [0.29, 0.717) is 16.9 Å². The predicted molar refractivity (Wildman–Crippen MR) is 125 cm³/mol. The molecule has 0 radical (unpaired) electrons. The third kappa shape index (κ3) is 7.17. The Hall–Kier alpha value is -2.64. The zero-order chi connectivity index (χ0) is 24.1. The number of nitrogens with zero attached hydrogens (tertiary/aromatic N) is 2. The molecule has 3 aromatic rings. The molecule has 0 spiro atoms. The van der Waals surface area contributed by atoms with Gasteiger partial charge in [0.2, 0.25) is 10.0 Å². The lowest BCUT2D eigenvalue weighted by atomic mass is 10.0. The van der Waals surface area contributed by atoms with Gasteiger partial charge in [0.15, 0.2) is 0 Å². The molecule has 1 atom stereocenters. The normalized spacial score (nSPS) is 13.2. The summed E-state index contributed by atoms with van der Waals surface area (Å²) in [5.74, 6) is -2.17. The van der Waals surface area contributed by atoms with Crippen molar-refractivity contribution in [3.63, 3.8) is 0 Å². The first-order valence-corrected chi connectivity index (χ1v) is 12.1. The molecular weight excluding hydrogens is 570 g/mol. The van der Waals surface area contributed by atoms with Crippen molar-refractivity contribution in [2.24, 2.45) is 10.2 Å². The smallest absolute Gasteiger partial charge is 0.288 e. The van der Waals surface area contributed by atoms with E-state index in [1.165, 1.54) is 36.4 Å². The number of hydrogen-bond acceptors (Lipinski definition) is 5. The molecule has 0 aliphatic rings. The summed E-state index contributed by atoms with van der Waals surface area (Å²) in [5.41, 5.74) is 1.33. The number of alkyl halides is 3. The lowest BCUT2D eigenvalue weighted by Gasteiger charge is -2.19. The summed E-state index contributed by atoms with van der Waals surface area (Å²) in [6, 6.07) is 18.2. The average molecular weight is 587 g/mol. The quantitative estimate of drug-likeness (QED) is 0.270. The highest BCUT2D eigenvalue weighted by Crippen LogP contribution is 2.23. The molecule has 1 N–H and O–H groups in total. The van der Waals surface area contributed by atoms with E-state index in [4.69, 9.17) is 0 Å². The number of benzene rings is 3. The lowest BCUT2D eigenvalue weighted by Crippen LogP contribution is -2.47. The van der Waals surface area contributed by atoms with Crippen LogP contribution in [0.5, 0.6) is 0 Å². The Labute approximate surface area is 202 Å². The number of carbonyl (C=O) groups is 1. The number of azo groups is 1. The fourth-order valence-corrected chi connectivity index (χ4v) is 4.36. The molecule has 3 aromatic carbocycles. The highest BCUT2D eigenvalue weighted by Gasteiger charge is 2.44. The van der Waals surface area contributed by atoms with Crippen LogP contribution in [-0.2, 0) is 21.2 Å². The Bertz CT molecular complexity index is 1230. The monoisotopic (exact) mass is 587 g/mol. The van der Waals surface area contributed by atoms with Crippen molar-refractivity contribution in [3.05, 3.63) is 88.0 Å². The van der Waals surface area contributed by atoms with Gasteiger partial charge in [0, 0.05) is 3.57 Å². The Balaban J connectivity index is 1.78. The third-order valence-corrected chi connectivity index (χ3v) is 6.64. The molecule has 0 aliphatic heterocycles. The van der Waals surface area contributed by atoms with Crippen LogP contribution in [0.2, 0.25) is 0 Å². The molecule has 6 nitrogen and oxygen atoms in total. The number of sulfonamides is 1. The number of nitrogens with one attached hydrogen (secondary N) is 1. The van der Waals surface area contributed by atoms with Gasteiger partial charge in [0.1, 0.15) is 0 Å². The van der Waals surface area contributed by atoms with Gasteiger partial charge in [-0.3, -0.25) is 4.79 Å². The van der Waals surface area contributed by atoms with Gasteiger partial charge in [-0.25, -0.2) is 8.42 Å². The number of ketones is 1. The van der Waals surface area contributed by atoms with Crippen molar-refractivity contribution in [2.75, 3.05) is 0 Å². The fourth-order valence-electron chi connectivity index (χ4n) is 2.81. The van der Waals surface area contributed by atoms with Gasteiger partial charge < -0.3 is 0 Å². The molecule has 3 rings (SSSR count). The molecule has 172 valence electrons. The topological polar surface area (TPSA) is 88.0 Å². The maximum Gasteiger partial charge on any atom is 0.451 e. The molecule has 0 heterocycles. The number of hydrogen-bond donors (Lipinski definition) is 1. The van der Waals surface area contributed by atoms with Crippen molar-refractivity contribution in [1.29, 1.82) is 0 Å². The SMILES string of the molecule is O=C(C(Cc1ccccc1)NS(=O)(=O)c1ccc(N=Nc2ccc(I)cc2)cc1)C(F)(F)F. The molecule has 0 bridgehead atoms. The van der Waals surface area contributed by atoms with Crippen molar-refractivity contribution >= 4 is 49.8 Å². The Morgan fingerprint density at radius 2 is 1.39 bits per heavy atom. The number of carbonyl (C=O) groups excluding carboxylic acids is 1. The van der Waals surface area contributed by atoms with Gasteiger partial charge in [0.25, 0.3) is 5.78 Å². The van der Waals surface area contributed by atoms with E-state index in [2.05, 4.69) is 32.8 Å². The summed E-state index contributed by atoms with van der Waals surface area (Å²) >= 11 is 2.15. The Kier molecular flexibility index (Phi) is 7.97. The van der Waals surface area contributed by atoms with Gasteiger partial charge in [0.05, 0.1) is 22.3 Å². The number of rotatable bonds is 8. The molecule has 0 saturated heterocycles. The van der Waals surface area contributed by atoms with E-state index < -0.39 is 34.4 Å². The van der Waals surface area contributed by atoms with E-state index in [1.807, 2.05) is 16.9 Å². The van der Waals surface area contributed by atoms with Gasteiger partial charge in [-0.05, 0) is 83.1 Å². The van der Waals surface area contributed by atoms with Gasteiger partial charge >= 0.3 is 6.18 Å². The van der Waals surface area contributed by atoms with Crippen molar-refractivity contribution < 1.29 is 26.4 Å². The summed E-state index contributed by atoms with van der Waals surface area (Å²) in [6.07, 6.45) is -5.64. The number of halogens is 4. The highest BCUT2D eigenvalue weighted by molar-refractivity contribution is 14.1. The molecule has 11 heteroatoms. The average Bonchev–Trinajstić information content (AvgIpc) is 2.78. The summed E-state index contributed by atoms with van der Waals surface area (Å²) < 4.78 is 67.5. The molecule has 0 aromatic heterocycles. The first-order chi connectivity index (χ1) is 15.5. The van der Waals surface area contributed by atoms with Crippen LogP contribution in [0, 0.1) is 3.57 Å². The standard InChI is InChI=1S/C22H17F3IN3O3S/c23-22(24,25)21(30)20(14-15-4-2-1-3-5-15)29-33(31,32)19-12-10-18(11-13-19)28-27-17-8-6-16(26)7-9-17/h1-13,20,29H,14H2. The first-order valence-electron chi connectivity index (χ1n) is 9.49. The van der Waals surface area contributed by atoms with E-state index in [9.17, 15) is 26.4 Å². The Morgan fingerprint density at radius 1 is 0.879 bits per heavy atom. The van der Waals surface area contributed by atoms with E-state index in [1.54, 1.807) is 30.3 Å². The molecule has 0 aliphatic carbocycles. The van der Waals surface area contributed by atoms with Crippen LogP contribution in [0.25, 0.3) is 0 Å². The zero-order valence-corrected chi connectivity index (χ0v) is 19.8. The van der Waals surface area contributed by atoms with Crippen molar-refractivity contribution in [1.82, 2.24) is 4.72 Å². The molecule has 0 amide bonds. The summed E-state index contributed by atoms with van der Waals surface area (Å²) in [5, 5.41) is 8.05. The predicted octanol–water partition coefficient (Wildman–Crippen LogP) is 5.73. The van der Waals surface area contributed by atoms with Crippen LogP contribution in [0.1, 0.15) is 5.56 Å². The van der Waals surface area contributed by atoms with E-state index in [-0.39, 0.29) is 4.90 Å². The molecule has 33 heavy (non-hydrogen) atoms. The molecule has 0 fully saturated rings. The van der Waals surface area contributed by atoms with E-state index in [0.717, 1.165) is 3.57 Å². The van der Waals surface area contributed by atoms with Gasteiger partial charge in [-0.1, -0.05) is 30.3 Å². The molecular formula is C22H17F3IN3O3S. The third-order valence-electron chi connectivity index (χ3n) is 4.43. The molecule has 1 unspecified atom stereocenters. The highest BCUT2D eigenvalue weighted by atomic mass is 127. The van der Waals surface area contributed by atoms with Crippen LogP contribution in [0.15, 0.2) is 94.0 Å². The maximum absolute atomic E-state index is 13.1. The van der Waals surface area contributed by atoms with Gasteiger partial charge in [-0.15, -0.1) is 0 Å². The lowest BCUT2D eigenvalue weighted by molar-refractivity contribution is -0.172. The minimum atomic E-state index is -5.19. The second-order valence-electron chi connectivity index (χ2n) is 6.90. The Morgan fingerprint density at radius 3 is 1.91 bits per heavy atom. The summed E-state index contributed by atoms with van der Waals surface area (Å²) in [7, 11) is -4.42. The minimum Gasteiger partial charge on any atom is -0.288 e. The first kappa shape index (κ1) is 25.0. The summed E-state index contributed by atoms with van der Waals surface area (Å²) in [4.78, 5) is 11.6. The van der Waals surface area contributed by atoms with Crippen LogP contribution >= 0.6 is 22.6 Å². The second kappa shape index (κ2) is 10.5. The van der Waals surface area contributed by atoms with Crippen LogP contribution in [0.4, 0.5) is 24.5 Å². The largest absolute Gasteiger partial charge is 0.451 e. The van der Waals surface area contributed by atoms with Gasteiger partial charge in [-0.2, -0.15) is 28.1 Å². The summed E-state index contributed by atoms with van der Waals surface area (Å²) in [6.45, 7) is 0. The van der Waals surface area contributed by atoms with Crippen LogP contribution in [0.3, 0.4) is 0 Å². The van der Waals surface area contributed by atoms with Crippen LogP contribution in [-0.4, -0.2) is 26.4 Å². The number of Topliss-reactive ketones (excluding diaryl/α,β-unsaturated/α-hetero) is 1. The minimum absolute atomic E-state index is 0.302.